The lowest BCUT2D eigenvalue weighted by molar-refractivity contribution is -0.384. The quantitative estimate of drug-likeness (QED) is 0.432. The highest BCUT2D eigenvalue weighted by molar-refractivity contribution is 7.92. The Morgan fingerprint density at radius 1 is 1.30 bits per heavy atom. The lowest BCUT2D eigenvalue weighted by atomic mass is 10.2. The monoisotopic (exact) mass is 398 g/mol. The van der Waals surface area contributed by atoms with Gasteiger partial charge in [0.15, 0.2) is 0 Å². The zero-order valence-corrected chi connectivity index (χ0v) is 15.1. The van der Waals surface area contributed by atoms with E-state index >= 15 is 0 Å². The van der Waals surface area contributed by atoms with Gasteiger partial charge in [0.05, 0.1) is 24.7 Å². The van der Waals surface area contributed by atoms with E-state index in [-0.39, 0.29) is 18.0 Å². The fourth-order valence-electron chi connectivity index (χ4n) is 2.23. The molecule has 0 bridgehead atoms. The van der Waals surface area contributed by atoms with Crippen LogP contribution in [0.25, 0.3) is 0 Å². The Balaban J connectivity index is 2.54. The average molecular weight is 398 g/mol. The number of hydrogen-bond donors (Lipinski definition) is 1. The summed E-state index contributed by atoms with van der Waals surface area (Å²) < 4.78 is 50.8. The van der Waals surface area contributed by atoms with Crippen molar-refractivity contribution in [3.8, 4) is 5.75 Å². The number of carbonyl (C=O) groups is 1. The van der Waals surface area contributed by atoms with Crippen molar-refractivity contribution in [2.24, 2.45) is 0 Å². The van der Waals surface area contributed by atoms with Crippen molar-refractivity contribution in [1.29, 1.82) is 0 Å². The van der Waals surface area contributed by atoms with Gasteiger partial charge in [0.2, 0.25) is 0 Å². The summed E-state index contributed by atoms with van der Waals surface area (Å²) in [4.78, 5) is 21.5. The van der Waals surface area contributed by atoms with Crippen LogP contribution in [0.4, 0.5) is 15.8 Å². The molecule has 0 radical (unpaired) electrons. The molecular formula is C16H15FN2O7S. The zero-order chi connectivity index (χ0) is 20.2. The summed E-state index contributed by atoms with van der Waals surface area (Å²) in [5.74, 6) is -2.13. The Morgan fingerprint density at radius 3 is 2.59 bits per heavy atom. The summed E-state index contributed by atoms with van der Waals surface area (Å²) >= 11 is 0. The first-order valence-electron chi connectivity index (χ1n) is 7.52. The maximum atomic E-state index is 14.0. The first-order valence-corrected chi connectivity index (χ1v) is 9.00. The van der Waals surface area contributed by atoms with Gasteiger partial charge in [-0.3, -0.25) is 14.8 Å². The highest BCUT2D eigenvalue weighted by Crippen LogP contribution is 2.32. The molecule has 9 nitrogen and oxygen atoms in total. The minimum atomic E-state index is -4.54. The highest BCUT2D eigenvalue weighted by atomic mass is 32.2. The average Bonchev–Trinajstić information content (AvgIpc) is 2.62. The molecule has 0 aromatic heterocycles. The van der Waals surface area contributed by atoms with Crippen LogP contribution in [0.2, 0.25) is 0 Å². The molecule has 2 aromatic rings. The number of methoxy groups -OCH3 is 1. The van der Waals surface area contributed by atoms with Crippen molar-refractivity contribution < 1.29 is 32.0 Å². The van der Waals surface area contributed by atoms with E-state index in [4.69, 9.17) is 4.74 Å². The highest BCUT2D eigenvalue weighted by Gasteiger charge is 2.28. The molecule has 1 N–H and O–H groups in total. The van der Waals surface area contributed by atoms with Crippen LogP contribution < -0.4 is 9.46 Å². The molecule has 144 valence electrons. The number of carbonyl (C=O) groups excluding carboxylic acids is 1. The van der Waals surface area contributed by atoms with E-state index in [2.05, 4.69) is 4.74 Å². The molecule has 11 heteroatoms. The first-order chi connectivity index (χ1) is 12.7. The smallest absolute Gasteiger partial charge is 0.342 e. The molecule has 0 saturated carbocycles. The molecule has 0 atom stereocenters. The third-order valence-corrected chi connectivity index (χ3v) is 4.78. The molecule has 0 heterocycles. The maximum Gasteiger partial charge on any atom is 0.342 e. The first kappa shape index (κ1) is 20.1. The molecular weight excluding hydrogens is 383 g/mol. The molecule has 2 rings (SSSR count). The Kier molecular flexibility index (Phi) is 5.95. The summed E-state index contributed by atoms with van der Waals surface area (Å²) in [5, 5.41) is 11.3. The lowest BCUT2D eigenvalue weighted by Crippen LogP contribution is -2.19. The molecule has 0 aliphatic rings. The number of halogens is 1. The van der Waals surface area contributed by atoms with Crippen LogP contribution in [-0.4, -0.2) is 33.0 Å². The molecule has 27 heavy (non-hydrogen) atoms. The minimum Gasteiger partial charge on any atom is -0.494 e. The van der Waals surface area contributed by atoms with Crippen LogP contribution in [0.1, 0.15) is 17.3 Å². The summed E-state index contributed by atoms with van der Waals surface area (Å²) in [6.07, 6.45) is 0. The number of rotatable bonds is 7. The molecule has 0 spiro atoms. The normalized spacial score (nSPS) is 10.9. The minimum absolute atomic E-state index is 0.174. The van der Waals surface area contributed by atoms with Crippen molar-refractivity contribution in [2.75, 3.05) is 18.4 Å². The van der Waals surface area contributed by atoms with Crippen molar-refractivity contribution in [1.82, 2.24) is 0 Å². The van der Waals surface area contributed by atoms with Gasteiger partial charge in [-0.1, -0.05) is 6.07 Å². The second kappa shape index (κ2) is 7.99. The molecule has 0 saturated heterocycles. The van der Waals surface area contributed by atoms with E-state index in [1.165, 1.54) is 6.07 Å². The number of nitrogens with one attached hydrogen (secondary N) is 1. The van der Waals surface area contributed by atoms with E-state index in [1.807, 2.05) is 4.72 Å². The summed E-state index contributed by atoms with van der Waals surface area (Å²) in [7, 11) is -3.57. The molecule has 0 aliphatic heterocycles. The van der Waals surface area contributed by atoms with Gasteiger partial charge in [0.1, 0.15) is 27.7 Å². The van der Waals surface area contributed by atoms with E-state index in [0.29, 0.717) is 0 Å². The molecule has 0 unspecified atom stereocenters. The van der Waals surface area contributed by atoms with Gasteiger partial charge in [-0.05, 0) is 31.2 Å². The number of sulfonamides is 1. The largest absolute Gasteiger partial charge is 0.494 e. The Morgan fingerprint density at radius 2 is 2.00 bits per heavy atom. The number of benzene rings is 2. The molecule has 0 amide bonds. The van der Waals surface area contributed by atoms with Crippen LogP contribution in [0.3, 0.4) is 0 Å². The zero-order valence-electron chi connectivity index (χ0n) is 14.3. The number of esters is 1. The number of nitrogens with zero attached hydrogens (tertiary/aromatic N) is 1. The number of anilines is 1. The van der Waals surface area contributed by atoms with Gasteiger partial charge in [0, 0.05) is 0 Å². The van der Waals surface area contributed by atoms with Crippen LogP contribution in [-0.2, 0) is 14.8 Å². The molecule has 0 fully saturated rings. The molecule has 0 aliphatic carbocycles. The SMILES string of the molecule is CCOc1ccc(NS(=O)(=O)c2cccc(F)c2C(=O)OC)c([N+](=O)[O-])c1. The maximum absolute atomic E-state index is 14.0. The lowest BCUT2D eigenvalue weighted by Gasteiger charge is -2.12. The van der Waals surface area contributed by atoms with Gasteiger partial charge >= 0.3 is 5.97 Å². The second-order valence-electron chi connectivity index (χ2n) is 5.08. The number of ether oxygens (including phenoxy) is 2. The number of nitro groups is 1. The van der Waals surface area contributed by atoms with Crippen LogP contribution >= 0.6 is 0 Å². The van der Waals surface area contributed by atoms with Crippen LogP contribution in [0.15, 0.2) is 41.3 Å². The van der Waals surface area contributed by atoms with Crippen molar-refractivity contribution in [3.05, 3.63) is 57.9 Å². The predicted octanol–water partition coefficient (Wildman–Crippen LogP) is 2.72. The van der Waals surface area contributed by atoms with E-state index in [9.17, 15) is 27.7 Å². The third-order valence-electron chi connectivity index (χ3n) is 3.38. The van der Waals surface area contributed by atoms with Crippen molar-refractivity contribution in [3.63, 3.8) is 0 Å². The van der Waals surface area contributed by atoms with Gasteiger partial charge in [-0.2, -0.15) is 0 Å². The summed E-state index contributed by atoms with van der Waals surface area (Å²) in [6.45, 7) is 1.94. The fourth-order valence-corrected chi connectivity index (χ4v) is 3.51. The second-order valence-corrected chi connectivity index (χ2v) is 6.73. The number of hydrogen-bond acceptors (Lipinski definition) is 7. The van der Waals surface area contributed by atoms with E-state index in [0.717, 1.165) is 37.4 Å². The topological polar surface area (TPSA) is 125 Å². The van der Waals surface area contributed by atoms with Crippen LogP contribution in [0, 0.1) is 15.9 Å². The predicted molar refractivity (Wildman–Crippen MR) is 92.8 cm³/mol. The van der Waals surface area contributed by atoms with Crippen molar-refractivity contribution >= 4 is 27.4 Å². The fraction of sp³-hybridized carbons (Fsp3) is 0.188. The van der Waals surface area contributed by atoms with E-state index < -0.39 is 42.9 Å². The summed E-state index contributed by atoms with van der Waals surface area (Å²) in [5.41, 5.74) is -1.75. The summed E-state index contributed by atoms with van der Waals surface area (Å²) in [6, 6.07) is 6.48. The number of nitro benzene ring substituents is 1. The van der Waals surface area contributed by atoms with Gasteiger partial charge < -0.3 is 9.47 Å². The Bertz CT molecular complexity index is 992. The molecule has 2 aromatic carbocycles. The van der Waals surface area contributed by atoms with Gasteiger partial charge in [-0.15, -0.1) is 0 Å². The van der Waals surface area contributed by atoms with Crippen molar-refractivity contribution in [2.45, 2.75) is 11.8 Å². The Labute approximate surface area is 153 Å². The van der Waals surface area contributed by atoms with Gasteiger partial charge in [0.25, 0.3) is 15.7 Å². The van der Waals surface area contributed by atoms with Crippen LogP contribution in [0.5, 0.6) is 5.75 Å². The standard InChI is InChI=1S/C16H15FN2O7S/c1-3-26-10-7-8-12(13(9-10)19(21)22)18-27(23,24)14-6-4-5-11(17)15(14)16(20)25-2/h4-9,18H,3H2,1-2H3. The van der Waals surface area contributed by atoms with Gasteiger partial charge in [-0.25, -0.2) is 17.6 Å². The van der Waals surface area contributed by atoms with E-state index in [1.54, 1.807) is 6.92 Å². The Hall–Kier alpha value is -3.21. The third kappa shape index (κ3) is 4.31.